The summed E-state index contributed by atoms with van der Waals surface area (Å²) in [5, 5.41) is 9.29. The van der Waals surface area contributed by atoms with Crippen molar-refractivity contribution in [3.8, 4) is 0 Å². The molecule has 2 aliphatic carbocycles. The van der Waals surface area contributed by atoms with Crippen LogP contribution in [0.5, 0.6) is 0 Å². The summed E-state index contributed by atoms with van der Waals surface area (Å²) in [6, 6.07) is 19.3. The zero-order valence-corrected chi connectivity index (χ0v) is 38.3. The molecule has 348 valence electrons. The maximum atomic E-state index is 12.6. The molecule has 2 atom stereocenters. The average Bonchev–Trinajstić information content (AvgIpc) is 3.89. The number of rotatable bonds is 22. The number of amides is 3. The molecule has 0 saturated heterocycles. The van der Waals surface area contributed by atoms with E-state index in [1.807, 2.05) is 60.7 Å². The number of carboxylic acid groups (broad SMARTS) is 1. The van der Waals surface area contributed by atoms with Gasteiger partial charge < -0.3 is 18.8 Å². The highest BCUT2D eigenvalue weighted by Gasteiger charge is 2.28. The summed E-state index contributed by atoms with van der Waals surface area (Å²) in [4.78, 5) is 69.8. The predicted octanol–water partition coefficient (Wildman–Crippen LogP) is 10.3. The molecule has 6 rings (SSSR count). The molecule has 2 aliphatic rings. The van der Waals surface area contributed by atoms with Crippen LogP contribution in [0.2, 0.25) is 0 Å². The van der Waals surface area contributed by atoms with E-state index in [2.05, 4.69) is 20.9 Å². The molecule has 0 unspecified atom stereocenters. The number of aromatic carboxylic acids is 1. The van der Waals surface area contributed by atoms with Crippen LogP contribution in [-0.2, 0) is 32.5 Å². The highest BCUT2D eigenvalue weighted by molar-refractivity contribution is 5.92. The summed E-state index contributed by atoms with van der Waals surface area (Å²) in [6.45, 7) is 3.91. The smallest absolute Gasteiger partial charge is 0.358 e. The van der Waals surface area contributed by atoms with Gasteiger partial charge in [-0.05, 0) is 49.7 Å². The lowest BCUT2D eigenvalue weighted by atomic mass is 9.84. The molecule has 2 saturated carbocycles. The van der Waals surface area contributed by atoms with E-state index in [1.54, 1.807) is 27.9 Å². The fourth-order valence-corrected chi connectivity index (χ4v) is 8.75. The maximum absolute atomic E-state index is 12.6. The number of hydrogen-bond acceptors (Lipinski definition) is 10. The Morgan fingerprint density at radius 3 is 1.45 bits per heavy atom. The number of carbonyl (C=O) groups excluding carboxylic acids is 3. The molecule has 2 aromatic carbocycles. The highest BCUT2D eigenvalue weighted by atomic mass is 16.7. The fourth-order valence-electron chi connectivity index (χ4n) is 8.75. The molecule has 4 aromatic rings. The SMILES string of the molecule is Cc1oc([C@H](CCCC2CCCCC2)CC(=O)NOCc2ccccc2)nc1C(=O)N(C)C.Cc1oc([C@H](CCCC2CCCCC2)CC(=O)NOCc2ccccc2)nc1C(=O)O. The second-order valence-electron chi connectivity index (χ2n) is 17.7. The van der Waals surface area contributed by atoms with Gasteiger partial charge in [0.05, 0.1) is 13.2 Å². The molecule has 2 fully saturated rings. The monoisotopic (exact) mass is 884 g/mol. The third kappa shape index (κ3) is 16.7. The van der Waals surface area contributed by atoms with Gasteiger partial charge >= 0.3 is 5.97 Å². The lowest BCUT2D eigenvalue weighted by Gasteiger charge is -2.22. The number of aryl methyl sites for hydroxylation is 2. The quantitative estimate of drug-likeness (QED) is 0.0638. The molecular formula is C50H69N5O9. The minimum absolute atomic E-state index is 0.0898. The number of oxazole rings is 2. The van der Waals surface area contributed by atoms with Gasteiger partial charge in [-0.25, -0.2) is 25.7 Å². The number of nitrogens with one attached hydrogen (secondary N) is 2. The number of benzene rings is 2. The van der Waals surface area contributed by atoms with Crippen LogP contribution in [0.25, 0.3) is 0 Å². The Morgan fingerprint density at radius 2 is 1.06 bits per heavy atom. The Balaban J connectivity index is 0.000000241. The first-order valence-electron chi connectivity index (χ1n) is 23.3. The van der Waals surface area contributed by atoms with Crippen LogP contribution in [0, 0.1) is 25.7 Å². The zero-order valence-electron chi connectivity index (χ0n) is 38.3. The predicted molar refractivity (Wildman–Crippen MR) is 242 cm³/mol. The van der Waals surface area contributed by atoms with Gasteiger partial charge in [0.15, 0.2) is 23.2 Å². The van der Waals surface area contributed by atoms with Crippen molar-refractivity contribution in [1.82, 2.24) is 25.8 Å². The molecule has 3 amide bonds. The van der Waals surface area contributed by atoms with Gasteiger partial charge in [0.25, 0.3) is 5.91 Å². The lowest BCUT2D eigenvalue weighted by molar-refractivity contribution is -0.135. The minimum atomic E-state index is -1.12. The first-order chi connectivity index (χ1) is 31.0. The number of nitrogens with zero attached hydrogens (tertiary/aromatic N) is 3. The lowest BCUT2D eigenvalue weighted by Crippen LogP contribution is -2.25. The number of carbonyl (C=O) groups is 4. The normalized spacial score (nSPS) is 15.4. The molecule has 64 heavy (non-hydrogen) atoms. The standard InChI is InChI=1S/C26H37N3O4.C24H32N2O5/c1-19-24(26(31)29(2)3)27-25(33-19)22(16-10-15-20-11-6-4-7-12-20)17-23(30)28-32-18-21-13-8-5-9-14-21;1-17-22(24(28)29)25-23(31-17)20(14-8-13-18-9-4-2-5-10-18)15-21(27)26-30-16-19-11-6-3-7-12-19/h5,8-9,13-14,20,22H,4,6-7,10-12,15-18H2,1-3H3,(H,28,30);3,6-7,11-12,18,20H,2,4-5,8-10,13-16H2,1H3,(H,26,27)(H,28,29)/t22-;20-/m11/s1. The van der Waals surface area contributed by atoms with Crippen molar-refractivity contribution in [2.24, 2.45) is 11.8 Å². The molecule has 14 heteroatoms. The Morgan fingerprint density at radius 1 is 0.656 bits per heavy atom. The fraction of sp³-hybridized carbons (Fsp3) is 0.560. The summed E-state index contributed by atoms with van der Waals surface area (Å²) in [5.41, 5.74) is 7.21. The van der Waals surface area contributed by atoms with Gasteiger partial charge in [-0.2, -0.15) is 0 Å². The van der Waals surface area contributed by atoms with E-state index in [-0.39, 0.29) is 60.5 Å². The second kappa shape index (κ2) is 26.4. The molecule has 0 bridgehead atoms. The highest BCUT2D eigenvalue weighted by Crippen LogP contribution is 2.34. The van der Waals surface area contributed by atoms with Crippen LogP contribution >= 0.6 is 0 Å². The van der Waals surface area contributed by atoms with Crippen molar-refractivity contribution in [2.45, 2.75) is 154 Å². The summed E-state index contributed by atoms with van der Waals surface area (Å²) in [6.07, 6.45) is 19.2. The van der Waals surface area contributed by atoms with Crippen molar-refractivity contribution in [3.63, 3.8) is 0 Å². The molecular weight excluding hydrogens is 815 g/mol. The van der Waals surface area contributed by atoms with E-state index < -0.39 is 5.97 Å². The Hall–Kier alpha value is -5.34. The van der Waals surface area contributed by atoms with E-state index in [1.165, 1.54) is 69.1 Å². The van der Waals surface area contributed by atoms with Gasteiger partial charge in [-0.15, -0.1) is 0 Å². The third-order valence-electron chi connectivity index (χ3n) is 12.3. The summed E-state index contributed by atoms with van der Waals surface area (Å²) in [7, 11) is 3.38. The van der Waals surface area contributed by atoms with Gasteiger partial charge in [0, 0.05) is 38.8 Å². The number of aromatic nitrogens is 2. The van der Waals surface area contributed by atoms with Gasteiger partial charge in [-0.3, -0.25) is 24.1 Å². The van der Waals surface area contributed by atoms with E-state index >= 15 is 0 Å². The van der Waals surface area contributed by atoms with Crippen LogP contribution in [0.15, 0.2) is 69.5 Å². The van der Waals surface area contributed by atoms with E-state index in [4.69, 9.17) is 18.5 Å². The van der Waals surface area contributed by atoms with Gasteiger partial charge in [0.2, 0.25) is 11.8 Å². The van der Waals surface area contributed by atoms with E-state index in [0.717, 1.165) is 61.5 Å². The van der Waals surface area contributed by atoms with Crippen molar-refractivity contribution in [3.05, 3.63) is 106 Å². The minimum Gasteiger partial charge on any atom is -0.476 e. The summed E-state index contributed by atoms with van der Waals surface area (Å²) < 4.78 is 11.5. The number of hydroxylamine groups is 2. The van der Waals surface area contributed by atoms with Crippen molar-refractivity contribution in [2.75, 3.05) is 14.1 Å². The van der Waals surface area contributed by atoms with Crippen LogP contribution in [-0.4, -0.2) is 57.8 Å². The molecule has 2 heterocycles. The average molecular weight is 884 g/mol. The Labute approximate surface area is 378 Å². The second-order valence-corrected chi connectivity index (χ2v) is 17.7. The molecule has 3 N–H and O–H groups in total. The summed E-state index contributed by atoms with van der Waals surface area (Å²) in [5.74, 6) is 0.767. The number of hydrogen-bond donors (Lipinski definition) is 3. The van der Waals surface area contributed by atoms with Crippen LogP contribution in [0.1, 0.15) is 183 Å². The topological polar surface area (TPSA) is 186 Å². The Kier molecular flexibility index (Phi) is 20.5. The summed E-state index contributed by atoms with van der Waals surface area (Å²) >= 11 is 0. The van der Waals surface area contributed by atoms with Crippen LogP contribution < -0.4 is 11.0 Å². The van der Waals surface area contributed by atoms with Crippen molar-refractivity contribution < 1.29 is 42.8 Å². The van der Waals surface area contributed by atoms with Crippen LogP contribution in [0.3, 0.4) is 0 Å². The molecule has 14 nitrogen and oxygen atoms in total. The third-order valence-corrected chi connectivity index (χ3v) is 12.3. The molecule has 0 radical (unpaired) electrons. The Bertz CT molecular complexity index is 2020. The number of carboxylic acids is 1. The first-order valence-corrected chi connectivity index (χ1v) is 23.3. The van der Waals surface area contributed by atoms with E-state index in [0.29, 0.717) is 29.8 Å². The first kappa shape index (κ1) is 49.7. The maximum Gasteiger partial charge on any atom is 0.358 e. The van der Waals surface area contributed by atoms with E-state index in [9.17, 15) is 24.3 Å². The van der Waals surface area contributed by atoms with Gasteiger partial charge in [-0.1, -0.05) is 151 Å². The molecule has 2 aromatic heterocycles. The molecule has 0 spiro atoms. The van der Waals surface area contributed by atoms with Crippen molar-refractivity contribution >= 4 is 23.7 Å². The van der Waals surface area contributed by atoms with Gasteiger partial charge in [0.1, 0.15) is 11.5 Å². The van der Waals surface area contributed by atoms with Crippen molar-refractivity contribution in [1.29, 1.82) is 0 Å². The largest absolute Gasteiger partial charge is 0.476 e. The molecule has 0 aliphatic heterocycles. The van der Waals surface area contributed by atoms with Crippen LogP contribution in [0.4, 0.5) is 0 Å². The zero-order chi connectivity index (χ0) is 45.7.